The van der Waals surface area contributed by atoms with Crippen LogP contribution in [0.15, 0.2) is 61.2 Å². The molecule has 4 nitrogen and oxygen atoms in total. The van der Waals surface area contributed by atoms with Crippen LogP contribution in [-0.2, 0) is 0 Å². The summed E-state index contributed by atoms with van der Waals surface area (Å²) in [6, 6.07) is 11.9. The van der Waals surface area contributed by atoms with Crippen molar-refractivity contribution in [2.45, 2.75) is 0 Å². The van der Waals surface area contributed by atoms with Crippen LogP contribution >= 0.6 is 0 Å². The van der Waals surface area contributed by atoms with E-state index in [1.807, 2.05) is 24.3 Å². The summed E-state index contributed by atoms with van der Waals surface area (Å²) in [6.45, 7) is 4.05. The molecule has 23 heavy (non-hydrogen) atoms. The van der Waals surface area contributed by atoms with Gasteiger partial charge in [-0.1, -0.05) is 30.9 Å². The number of aromatic hydroxyl groups is 1. The van der Waals surface area contributed by atoms with E-state index in [1.54, 1.807) is 18.2 Å². The zero-order valence-electron chi connectivity index (χ0n) is 12.9. The summed E-state index contributed by atoms with van der Waals surface area (Å²) in [5.74, 6) is 0.850. The highest BCUT2D eigenvalue weighted by Crippen LogP contribution is 2.26. The number of phenolic OH excluding ortho intramolecular Hbond substituents is 1. The number of allylic oxidation sites excluding steroid dienone is 1. The molecular formula is C19H18O4. The Morgan fingerprint density at radius 2 is 1.96 bits per heavy atom. The largest absolute Gasteiger partial charge is 0.504 e. The molecule has 0 unspecified atom stereocenters. The Bertz CT molecular complexity index is 715. The number of methoxy groups -OCH3 is 1. The van der Waals surface area contributed by atoms with Crippen LogP contribution in [0.2, 0.25) is 0 Å². The molecule has 0 spiro atoms. The van der Waals surface area contributed by atoms with E-state index in [4.69, 9.17) is 9.47 Å². The number of benzene rings is 2. The fourth-order valence-electron chi connectivity index (χ4n) is 1.93. The van der Waals surface area contributed by atoms with Crippen LogP contribution in [-0.4, -0.2) is 24.6 Å². The van der Waals surface area contributed by atoms with E-state index < -0.39 is 0 Å². The lowest BCUT2D eigenvalue weighted by atomic mass is 10.1. The Hall–Kier alpha value is -3.01. The summed E-state index contributed by atoms with van der Waals surface area (Å²) in [4.78, 5) is 12.1. The molecule has 0 aliphatic carbocycles. The molecule has 118 valence electrons. The molecule has 0 atom stereocenters. The molecule has 0 amide bonds. The highest BCUT2D eigenvalue weighted by molar-refractivity contribution is 6.07. The molecule has 2 rings (SSSR count). The zero-order chi connectivity index (χ0) is 16.7. The first-order valence-electron chi connectivity index (χ1n) is 7.07. The first-order chi connectivity index (χ1) is 11.1. The molecule has 0 fully saturated rings. The standard InChI is InChI=1S/C19H18O4/c1-3-12-23-16-8-4-14(5-9-16)6-10-17(20)15-7-11-18(21)19(13-15)22-2/h3-11,13,21H,1,12H2,2H3/b10-6+. The van der Waals surface area contributed by atoms with Gasteiger partial charge in [0.2, 0.25) is 0 Å². The molecule has 1 N–H and O–H groups in total. The summed E-state index contributed by atoms with van der Waals surface area (Å²) < 4.78 is 10.4. The molecule has 2 aromatic carbocycles. The Morgan fingerprint density at radius 3 is 2.61 bits per heavy atom. The van der Waals surface area contributed by atoms with Crippen LogP contribution in [0.3, 0.4) is 0 Å². The van der Waals surface area contributed by atoms with Gasteiger partial charge in [0.05, 0.1) is 7.11 Å². The van der Waals surface area contributed by atoms with Crippen molar-refractivity contribution in [3.63, 3.8) is 0 Å². The third-order valence-corrected chi connectivity index (χ3v) is 3.14. The molecule has 0 heterocycles. The maximum Gasteiger partial charge on any atom is 0.185 e. The summed E-state index contributed by atoms with van der Waals surface area (Å²) in [5, 5.41) is 9.54. The van der Waals surface area contributed by atoms with E-state index in [1.165, 1.54) is 25.3 Å². The first-order valence-corrected chi connectivity index (χ1v) is 7.07. The third-order valence-electron chi connectivity index (χ3n) is 3.14. The fourth-order valence-corrected chi connectivity index (χ4v) is 1.93. The molecule has 0 radical (unpaired) electrons. The number of ether oxygens (including phenoxy) is 2. The number of hydrogen-bond acceptors (Lipinski definition) is 4. The smallest absolute Gasteiger partial charge is 0.185 e. The molecule has 0 aromatic heterocycles. The Balaban J connectivity index is 2.07. The van der Waals surface area contributed by atoms with Crippen molar-refractivity contribution in [1.82, 2.24) is 0 Å². The van der Waals surface area contributed by atoms with E-state index in [2.05, 4.69) is 6.58 Å². The van der Waals surface area contributed by atoms with Gasteiger partial charge < -0.3 is 14.6 Å². The highest BCUT2D eigenvalue weighted by Gasteiger charge is 2.07. The lowest BCUT2D eigenvalue weighted by Crippen LogP contribution is -1.95. The second-order valence-electron chi connectivity index (χ2n) is 4.75. The average Bonchev–Trinajstić information content (AvgIpc) is 2.59. The Kier molecular flexibility index (Phi) is 5.58. The Morgan fingerprint density at radius 1 is 1.22 bits per heavy atom. The third kappa shape index (κ3) is 4.48. The number of carbonyl (C=O) groups excluding carboxylic acids is 1. The number of carbonyl (C=O) groups is 1. The zero-order valence-corrected chi connectivity index (χ0v) is 12.9. The minimum atomic E-state index is -0.171. The first kappa shape index (κ1) is 16.4. The van der Waals surface area contributed by atoms with Crippen LogP contribution < -0.4 is 9.47 Å². The van der Waals surface area contributed by atoms with Crippen molar-refractivity contribution < 1.29 is 19.4 Å². The molecule has 4 heteroatoms. The van der Waals surface area contributed by atoms with Crippen LogP contribution in [0.25, 0.3) is 6.08 Å². The number of rotatable bonds is 7. The number of phenols is 1. The topological polar surface area (TPSA) is 55.8 Å². The van der Waals surface area contributed by atoms with Gasteiger partial charge in [-0.3, -0.25) is 4.79 Å². The highest BCUT2D eigenvalue weighted by atomic mass is 16.5. The van der Waals surface area contributed by atoms with Gasteiger partial charge in [-0.05, 0) is 42.0 Å². The van der Waals surface area contributed by atoms with Crippen molar-refractivity contribution in [2.24, 2.45) is 0 Å². The summed E-state index contributed by atoms with van der Waals surface area (Å²) in [6.07, 6.45) is 4.88. The molecule has 0 aliphatic heterocycles. The lowest BCUT2D eigenvalue weighted by molar-refractivity contribution is 0.104. The summed E-state index contributed by atoms with van der Waals surface area (Å²) in [7, 11) is 1.44. The number of hydrogen-bond donors (Lipinski definition) is 1. The lowest BCUT2D eigenvalue weighted by Gasteiger charge is -2.04. The normalized spacial score (nSPS) is 10.5. The van der Waals surface area contributed by atoms with Gasteiger partial charge >= 0.3 is 0 Å². The maximum absolute atomic E-state index is 12.1. The van der Waals surface area contributed by atoms with Crippen LogP contribution in [0.1, 0.15) is 15.9 Å². The van der Waals surface area contributed by atoms with Crippen molar-refractivity contribution in [2.75, 3.05) is 13.7 Å². The second-order valence-corrected chi connectivity index (χ2v) is 4.75. The van der Waals surface area contributed by atoms with Gasteiger partial charge in [-0.25, -0.2) is 0 Å². The summed E-state index contributed by atoms with van der Waals surface area (Å²) in [5.41, 5.74) is 1.33. The van der Waals surface area contributed by atoms with Gasteiger partial charge in [0.15, 0.2) is 17.3 Å². The van der Waals surface area contributed by atoms with E-state index in [9.17, 15) is 9.90 Å². The van der Waals surface area contributed by atoms with Crippen LogP contribution in [0.5, 0.6) is 17.2 Å². The van der Waals surface area contributed by atoms with Crippen LogP contribution in [0, 0.1) is 0 Å². The molecule has 0 saturated carbocycles. The van der Waals surface area contributed by atoms with E-state index >= 15 is 0 Å². The maximum atomic E-state index is 12.1. The van der Waals surface area contributed by atoms with Crippen LogP contribution in [0.4, 0.5) is 0 Å². The Labute approximate surface area is 135 Å². The minimum absolute atomic E-state index is 0.00291. The van der Waals surface area contributed by atoms with E-state index in [-0.39, 0.29) is 17.3 Å². The molecule has 2 aromatic rings. The van der Waals surface area contributed by atoms with Crippen molar-refractivity contribution in [1.29, 1.82) is 0 Å². The van der Waals surface area contributed by atoms with Gasteiger partial charge in [0.1, 0.15) is 12.4 Å². The minimum Gasteiger partial charge on any atom is -0.504 e. The van der Waals surface area contributed by atoms with Crippen molar-refractivity contribution >= 4 is 11.9 Å². The van der Waals surface area contributed by atoms with Gasteiger partial charge in [-0.15, -0.1) is 0 Å². The predicted molar refractivity (Wildman–Crippen MR) is 90.2 cm³/mol. The fraction of sp³-hybridized carbons (Fsp3) is 0.105. The monoisotopic (exact) mass is 310 g/mol. The molecule has 0 bridgehead atoms. The number of ketones is 1. The van der Waals surface area contributed by atoms with Gasteiger partial charge in [0.25, 0.3) is 0 Å². The van der Waals surface area contributed by atoms with Gasteiger partial charge in [0, 0.05) is 5.56 Å². The summed E-state index contributed by atoms with van der Waals surface area (Å²) >= 11 is 0. The quantitative estimate of drug-likeness (QED) is 0.479. The van der Waals surface area contributed by atoms with Crippen molar-refractivity contribution in [3.05, 3.63) is 72.3 Å². The molecular weight excluding hydrogens is 292 g/mol. The average molecular weight is 310 g/mol. The SMILES string of the molecule is C=CCOc1ccc(/C=C/C(=O)c2ccc(O)c(OC)c2)cc1. The molecule has 0 saturated heterocycles. The van der Waals surface area contributed by atoms with E-state index in [0.717, 1.165) is 11.3 Å². The van der Waals surface area contributed by atoms with Crippen molar-refractivity contribution in [3.8, 4) is 17.2 Å². The predicted octanol–water partition coefficient (Wildman–Crippen LogP) is 3.86. The van der Waals surface area contributed by atoms with Gasteiger partial charge in [-0.2, -0.15) is 0 Å². The van der Waals surface area contributed by atoms with E-state index in [0.29, 0.717) is 12.2 Å². The second kappa shape index (κ2) is 7.84. The molecule has 0 aliphatic rings.